The van der Waals surface area contributed by atoms with Crippen molar-refractivity contribution in [3.05, 3.63) is 87.0 Å². The summed E-state index contributed by atoms with van der Waals surface area (Å²) in [6.07, 6.45) is 6.49. The molecule has 12 heteroatoms. The van der Waals surface area contributed by atoms with Crippen molar-refractivity contribution in [1.29, 1.82) is 0 Å². The number of carboxylic acid groups (broad SMARTS) is 1. The molecule has 4 saturated carbocycles. The number of carbonyl (C=O) groups is 3. The van der Waals surface area contributed by atoms with E-state index in [0.29, 0.717) is 52.7 Å². The first-order valence-electron chi connectivity index (χ1n) is 19.4. The van der Waals surface area contributed by atoms with Gasteiger partial charge in [0.15, 0.2) is 11.6 Å². The van der Waals surface area contributed by atoms with Crippen LogP contribution >= 0.6 is 11.6 Å². The average molecular weight is 750 g/mol. The second-order valence-corrected chi connectivity index (χ2v) is 17.2. The topological polar surface area (TPSA) is 126 Å². The van der Waals surface area contributed by atoms with E-state index in [1.165, 1.54) is 0 Å². The fraction of sp³-hybridized carbons (Fsp3) is 0.500. The van der Waals surface area contributed by atoms with Crippen molar-refractivity contribution in [2.24, 2.45) is 37.3 Å². The molecule has 2 aliphatic heterocycles. The summed E-state index contributed by atoms with van der Waals surface area (Å²) < 4.78 is 3.87. The number of amides is 1. The maximum absolute atomic E-state index is 13.9. The lowest BCUT2D eigenvalue weighted by molar-refractivity contribution is -0.173. The molecule has 4 aliphatic carbocycles. The average Bonchev–Trinajstić information content (AvgIpc) is 3.65. The first kappa shape index (κ1) is 35.4. The van der Waals surface area contributed by atoms with Crippen molar-refractivity contribution < 1.29 is 19.5 Å². The number of carboxylic acids is 1. The van der Waals surface area contributed by atoms with Gasteiger partial charge in [0.1, 0.15) is 0 Å². The van der Waals surface area contributed by atoms with Crippen molar-refractivity contribution in [2.75, 3.05) is 25.5 Å². The highest BCUT2D eigenvalue weighted by molar-refractivity contribution is 6.34. The number of Topliss-reactive ketones (excluding diaryl/α,β-unsaturated/α-hetero) is 1. The third kappa shape index (κ3) is 5.73. The Hall–Kier alpha value is -4.32. The molecule has 2 aromatic heterocycles. The van der Waals surface area contributed by atoms with E-state index in [4.69, 9.17) is 21.6 Å². The number of carbonyl (C=O) groups excluding carboxylic acids is 2. The molecule has 4 aromatic rings. The lowest BCUT2D eigenvalue weighted by Gasteiger charge is -2.60. The second kappa shape index (κ2) is 13.2. The monoisotopic (exact) mass is 749 g/mol. The molecule has 11 nitrogen and oxygen atoms in total. The zero-order valence-electron chi connectivity index (χ0n) is 31.5. The van der Waals surface area contributed by atoms with Gasteiger partial charge in [-0.1, -0.05) is 41.9 Å². The summed E-state index contributed by atoms with van der Waals surface area (Å²) in [4.78, 5) is 54.2. The van der Waals surface area contributed by atoms with Gasteiger partial charge in [-0.05, 0) is 86.6 Å². The molecule has 54 heavy (non-hydrogen) atoms. The van der Waals surface area contributed by atoms with Crippen LogP contribution in [0.25, 0.3) is 11.1 Å². The highest BCUT2D eigenvalue weighted by atomic mass is 35.5. The van der Waals surface area contributed by atoms with Crippen molar-refractivity contribution in [2.45, 2.75) is 77.4 Å². The third-order valence-corrected chi connectivity index (χ3v) is 14.0. The van der Waals surface area contributed by atoms with E-state index in [2.05, 4.69) is 22.2 Å². The predicted octanol–water partition coefficient (Wildman–Crippen LogP) is 6.09. The van der Waals surface area contributed by atoms with Gasteiger partial charge < -0.3 is 24.5 Å². The van der Waals surface area contributed by atoms with E-state index in [0.717, 1.165) is 110 Å². The lowest BCUT2D eigenvalue weighted by Crippen LogP contribution is -2.61. The molecule has 2 atom stereocenters. The first-order chi connectivity index (χ1) is 25.9. The predicted molar refractivity (Wildman–Crippen MR) is 206 cm³/mol. The largest absolute Gasteiger partial charge is 0.481 e. The molecule has 4 heterocycles. The fourth-order valence-corrected chi connectivity index (χ4v) is 11.5. The minimum absolute atomic E-state index is 0.0724. The maximum atomic E-state index is 13.9. The van der Waals surface area contributed by atoms with Crippen LogP contribution in [0.5, 0.6) is 0 Å². The molecule has 0 radical (unpaired) electrons. The second-order valence-electron chi connectivity index (χ2n) is 16.8. The number of likely N-dealkylation sites (N-methyl/N-ethyl adjacent to an activating group) is 1. The van der Waals surface area contributed by atoms with E-state index in [1.807, 2.05) is 66.6 Å². The van der Waals surface area contributed by atoms with E-state index in [-0.39, 0.29) is 18.1 Å². The number of halogens is 1. The molecule has 6 aliphatic rings. The molecule has 282 valence electrons. The molecule has 4 bridgehead atoms. The third-order valence-electron chi connectivity index (χ3n) is 13.6. The molecule has 0 saturated heterocycles. The summed E-state index contributed by atoms with van der Waals surface area (Å²) in [5.41, 5.74) is 7.52. The number of hydrogen-bond donors (Lipinski definition) is 2. The molecule has 2 N–H and O–H groups in total. The quantitative estimate of drug-likeness (QED) is 0.208. The summed E-state index contributed by atoms with van der Waals surface area (Å²) >= 11 is 7.05. The summed E-state index contributed by atoms with van der Waals surface area (Å²) in [5, 5.41) is 13.8. The molecule has 2 unspecified atom stereocenters. The van der Waals surface area contributed by atoms with Crippen molar-refractivity contribution in [3.8, 4) is 11.1 Å². The molecule has 4 fully saturated rings. The standard InChI is InChI=1S/C42H48ClN7O4/c1-23-28(29-9-5-7-25(36(29)43)17-35(51)38-44-31-21-47(2)13-11-33(31)48(38)3)8-6-10-30(23)46-40(52)39-45-32-22-50(14-12-34(32)49(39)4)37-26-15-24-16-27(37)20-42(18-24,19-26)41(53)54/h5-10,24,26-27,37H,11-22H2,1-4H3,(H,46,52)(H,53,54). The molecule has 10 rings (SSSR count). The number of nitrogens with zero attached hydrogens (tertiary/aromatic N) is 6. The normalized spacial score (nSPS) is 26.1. The van der Waals surface area contributed by atoms with Crippen LogP contribution < -0.4 is 5.32 Å². The Morgan fingerprint density at radius 1 is 0.870 bits per heavy atom. The van der Waals surface area contributed by atoms with Crippen LogP contribution in [-0.4, -0.2) is 77.8 Å². The Kier molecular flexibility index (Phi) is 8.63. The number of fused-ring (bicyclic) bond motifs is 2. The number of imidazole rings is 2. The van der Waals surface area contributed by atoms with Crippen LogP contribution in [0, 0.1) is 30.1 Å². The summed E-state index contributed by atoms with van der Waals surface area (Å²) in [7, 11) is 5.91. The van der Waals surface area contributed by atoms with Gasteiger partial charge in [-0.15, -0.1) is 0 Å². The van der Waals surface area contributed by atoms with Crippen LogP contribution in [0.4, 0.5) is 5.69 Å². The highest BCUT2D eigenvalue weighted by Crippen LogP contribution is 2.61. The van der Waals surface area contributed by atoms with Crippen LogP contribution in [0.3, 0.4) is 0 Å². The zero-order valence-corrected chi connectivity index (χ0v) is 32.2. The van der Waals surface area contributed by atoms with Crippen LogP contribution in [0.2, 0.25) is 5.02 Å². The number of anilines is 1. The Bertz CT molecular complexity index is 2210. The number of hydrogen-bond acceptors (Lipinski definition) is 7. The number of aromatic nitrogens is 4. The Morgan fingerprint density at radius 2 is 1.52 bits per heavy atom. The van der Waals surface area contributed by atoms with Crippen LogP contribution in [-0.2, 0) is 51.2 Å². The Labute approximate surface area is 320 Å². The van der Waals surface area contributed by atoms with Gasteiger partial charge >= 0.3 is 5.97 Å². The van der Waals surface area contributed by atoms with E-state index in [9.17, 15) is 19.5 Å². The molecular weight excluding hydrogens is 702 g/mol. The van der Waals surface area contributed by atoms with Gasteiger partial charge in [-0.25, -0.2) is 9.97 Å². The number of rotatable bonds is 8. The van der Waals surface area contributed by atoms with Crippen LogP contribution in [0.1, 0.15) is 87.2 Å². The highest BCUT2D eigenvalue weighted by Gasteiger charge is 2.59. The van der Waals surface area contributed by atoms with Gasteiger partial charge in [0.25, 0.3) is 5.91 Å². The van der Waals surface area contributed by atoms with E-state index >= 15 is 0 Å². The van der Waals surface area contributed by atoms with Crippen molar-refractivity contribution in [3.63, 3.8) is 0 Å². The van der Waals surface area contributed by atoms with Crippen molar-refractivity contribution >= 4 is 34.9 Å². The van der Waals surface area contributed by atoms with Gasteiger partial charge in [0.05, 0.1) is 21.8 Å². The first-order valence-corrected chi connectivity index (χ1v) is 19.8. The molecule has 0 spiro atoms. The molecular formula is C42H48ClN7O4. The van der Waals surface area contributed by atoms with Crippen molar-refractivity contribution in [1.82, 2.24) is 28.9 Å². The van der Waals surface area contributed by atoms with E-state index in [1.54, 1.807) is 0 Å². The van der Waals surface area contributed by atoms with Crippen LogP contribution in [0.15, 0.2) is 36.4 Å². The fourth-order valence-electron chi connectivity index (χ4n) is 11.2. The molecule has 2 aromatic carbocycles. The Morgan fingerprint density at radius 3 is 2.26 bits per heavy atom. The van der Waals surface area contributed by atoms with Gasteiger partial charge in [-0.2, -0.15) is 0 Å². The van der Waals surface area contributed by atoms with E-state index < -0.39 is 11.4 Å². The number of aliphatic carboxylic acids is 1. The minimum Gasteiger partial charge on any atom is -0.481 e. The molecule has 1 amide bonds. The van der Waals surface area contributed by atoms with Gasteiger partial charge in [-0.3, -0.25) is 19.3 Å². The minimum atomic E-state index is -0.599. The van der Waals surface area contributed by atoms with Gasteiger partial charge in [0, 0.05) is 88.2 Å². The SMILES string of the molecule is Cc1c(NC(=O)c2nc3c(n2C)CCN(C2C4CC5CC2CC(C(=O)O)(C5)C4)C3)cccc1-c1cccc(CC(=O)c2nc3c(n2C)CCN(C)C3)c1Cl. The maximum Gasteiger partial charge on any atom is 0.309 e. The van der Waals surface area contributed by atoms with Gasteiger partial charge in [0.2, 0.25) is 5.78 Å². The smallest absolute Gasteiger partial charge is 0.309 e. The number of ketones is 1. The summed E-state index contributed by atoms with van der Waals surface area (Å²) in [6.45, 7) is 5.22. The zero-order chi connectivity index (χ0) is 37.6. The summed E-state index contributed by atoms with van der Waals surface area (Å²) in [6, 6.07) is 11.9. The number of nitrogens with one attached hydrogen (secondary N) is 1. The number of benzene rings is 2. The Balaban J connectivity index is 0.913. The lowest BCUT2D eigenvalue weighted by atomic mass is 9.47. The summed E-state index contributed by atoms with van der Waals surface area (Å²) in [5.74, 6) is 1.26.